The first kappa shape index (κ1) is 23.8. The van der Waals surface area contributed by atoms with Crippen LogP contribution in [0.5, 0.6) is 0 Å². The number of nitrogens with zero attached hydrogens (tertiary/aromatic N) is 2. The van der Waals surface area contributed by atoms with Crippen molar-refractivity contribution in [2.24, 2.45) is 0 Å². The number of urea groups is 1. The number of cyclic esters (lactones) is 1. The van der Waals surface area contributed by atoms with E-state index in [-0.39, 0.29) is 12.6 Å². The Morgan fingerprint density at radius 1 is 1.16 bits per heavy atom. The van der Waals surface area contributed by atoms with Gasteiger partial charge in [-0.3, -0.25) is 4.98 Å². The summed E-state index contributed by atoms with van der Waals surface area (Å²) in [6.45, 7) is 1.18. The van der Waals surface area contributed by atoms with Gasteiger partial charge < -0.3 is 10.1 Å². The number of ether oxygens (including phenoxy) is 1. The topological polar surface area (TPSA) is 71.5 Å². The number of aromatic nitrogens is 1. The second kappa shape index (κ2) is 8.60. The van der Waals surface area contributed by atoms with Crippen molar-refractivity contribution in [2.75, 3.05) is 0 Å². The number of alkyl halides is 6. The Labute approximate surface area is 185 Å². The van der Waals surface area contributed by atoms with Crippen molar-refractivity contribution in [3.63, 3.8) is 0 Å². The molecule has 32 heavy (non-hydrogen) atoms. The Bertz CT molecular complexity index is 1010. The Hall–Kier alpha value is -2.83. The molecule has 1 saturated heterocycles. The molecule has 1 aromatic carbocycles. The highest BCUT2D eigenvalue weighted by Gasteiger charge is 2.45. The predicted molar refractivity (Wildman–Crippen MR) is 101 cm³/mol. The fourth-order valence-electron chi connectivity index (χ4n) is 3.12. The second-order valence-electron chi connectivity index (χ2n) is 6.84. The third kappa shape index (κ3) is 4.97. The maximum absolute atomic E-state index is 13.1. The summed E-state index contributed by atoms with van der Waals surface area (Å²) in [6, 6.07) is 2.10. The summed E-state index contributed by atoms with van der Waals surface area (Å²) >= 11 is 3.24. The Kier molecular flexibility index (Phi) is 6.40. The fourth-order valence-corrected chi connectivity index (χ4v) is 3.51. The zero-order chi connectivity index (χ0) is 23.8. The molecule has 1 N–H and O–H groups in total. The van der Waals surface area contributed by atoms with E-state index in [1.54, 1.807) is 12.1 Å². The molecule has 1 aliphatic rings. The Morgan fingerprint density at radius 2 is 1.75 bits per heavy atom. The van der Waals surface area contributed by atoms with Crippen molar-refractivity contribution >= 4 is 28.1 Å². The average Bonchev–Trinajstić information content (AvgIpc) is 2.99. The monoisotopic (exact) mass is 525 g/mol. The number of imide groups is 1. The molecule has 13 heteroatoms. The number of nitrogens with one attached hydrogen (secondary N) is 1. The minimum Gasteiger partial charge on any atom is -0.439 e. The first-order valence-corrected chi connectivity index (χ1v) is 9.75. The quantitative estimate of drug-likeness (QED) is 0.524. The van der Waals surface area contributed by atoms with E-state index in [9.17, 15) is 35.9 Å². The van der Waals surface area contributed by atoms with Crippen LogP contribution in [0.2, 0.25) is 0 Å². The third-order valence-corrected chi connectivity index (χ3v) is 5.39. The van der Waals surface area contributed by atoms with Crippen LogP contribution in [0, 0.1) is 0 Å². The number of hydrogen-bond acceptors (Lipinski definition) is 4. The van der Waals surface area contributed by atoms with Crippen molar-refractivity contribution in [1.29, 1.82) is 0 Å². The molecular formula is C19H14BrF6N3O3. The second-order valence-corrected chi connectivity index (χ2v) is 7.70. The van der Waals surface area contributed by atoms with E-state index in [1.807, 2.05) is 0 Å². The van der Waals surface area contributed by atoms with E-state index >= 15 is 0 Å². The van der Waals surface area contributed by atoms with Crippen LogP contribution >= 0.6 is 15.9 Å². The van der Waals surface area contributed by atoms with Gasteiger partial charge in [0, 0.05) is 10.7 Å². The van der Waals surface area contributed by atoms with Gasteiger partial charge in [-0.25, -0.2) is 14.5 Å². The van der Waals surface area contributed by atoms with Gasteiger partial charge in [-0.1, -0.05) is 0 Å². The van der Waals surface area contributed by atoms with Gasteiger partial charge in [0.2, 0.25) is 0 Å². The van der Waals surface area contributed by atoms with Crippen LogP contribution in [-0.4, -0.2) is 28.1 Å². The molecule has 172 valence electrons. The van der Waals surface area contributed by atoms with E-state index < -0.39 is 53.3 Å². The molecular weight excluding hydrogens is 512 g/mol. The van der Waals surface area contributed by atoms with Crippen LogP contribution < -0.4 is 5.32 Å². The molecule has 0 bridgehead atoms. The van der Waals surface area contributed by atoms with Gasteiger partial charge in [-0.15, -0.1) is 0 Å². The van der Waals surface area contributed by atoms with Crippen LogP contribution in [0.25, 0.3) is 0 Å². The van der Waals surface area contributed by atoms with Gasteiger partial charge in [0.05, 0.1) is 29.4 Å². The van der Waals surface area contributed by atoms with Gasteiger partial charge in [0.15, 0.2) is 0 Å². The molecule has 0 aliphatic carbocycles. The molecule has 6 nitrogen and oxygen atoms in total. The number of hydrogen-bond donors (Lipinski definition) is 1. The molecule has 2 heterocycles. The summed E-state index contributed by atoms with van der Waals surface area (Å²) < 4.78 is 84.4. The number of benzene rings is 1. The highest BCUT2D eigenvalue weighted by atomic mass is 79.9. The van der Waals surface area contributed by atoms with Crippen molar-refractivity contribution < 1.29 is 40.7 Å². The van der Waals surface area contributed by atoms with Gasteiger partial charge in [0.25, 0.3) is 0 Å². The summed E-state index contributed by atoms with van der Waals surface area (Å²) in [7, 11) is 0. The van der Waals surface area contributed by atoms with E-state index in [0.29, 0.717) is 27.2 Å². The molecule has 1 aliphatic heterocycles. The lowest BCUT2D eigenvalue weighted by Gasteiger charge is -2.21. The molecule has 0 unspecified atom stereocenters. The molecule has 0 spiro atoms. The maximum atomic E-state index is 13.1. The SMILES string of the molecule is C[C@H]1[C@@H](c2cc(C(F)(F)F)cc(C(F)(F)F)c2)OC(=O)N1C(=O)NCc1ncccc1Br. The minimum atomic E-state index is -5.06. The molecule has 1 aromatic heterocycles. The summed E-state index contributed by atoms with van der Waals surface area (Å²) in [5.74, 6) is 0. The number of rotatable bonds is 3. The smallest absolute Gasteiger partial charge is 0.419 e. The maximum Gasteiger partial charge on any atom is 0.419 e. The number of pyridine rings is 1. The largest absolute Gasteiger partial charge is 0.439 e. The van der Waals surface area contributed by atoms with Crippen molar-refractivity contribution in [2.45, 2.75) is 38.0 Å². The van der Waals surface area contributed by atoms with Crippen LogP contribution in [0.1, 0.15) is 35.4 Å². The lowest BCUT2D eigenvalue weighted by Crippen LogP contribution is -2.44. The highest BCUT2D eigenvalue weighted by molar-refractivity contribution is 9.10. The number of halogens is 7. The highest BCUT2D eigenvalue weighted by Crippen LogP contribution is 2.40. The van der Waals surface area contributed by atoms with Crippen LogP contribution in [0.3, 0.4) is 0 Å². The zero-order valence-corrected chi connectivity index (χ0v) is 17.7. The predicted octanol–water partition coefficient (Wildman–Crippen LogP) is 5.67. The third-order valence-electron chi connectivity index (χ3n) is 4.67. The first-order valence-electron chi connectivity index (χ1n) is 8.95. The number of carbonyl (C=O) groups excluding carboxylic acids is 2. The van der Waals surface area contributed by atoms with E-state index in [0.717, 1.165) is 0 Å². The molecule has 0 saturated carbocycles. The molecule has 0 radical (unpaired) electrons. The summed E-state index contributed by atoms with van der Waals surface area (Å²) in [5.41, 5.74) is -3.19. The normalized spacial score (nSPS) is 19.1. The Balaban J connectivity index is 1.86. The Morgan fingerprint density at radius 3 is 2.28 bits per heavy atom. The van der Waals surface area contributed by atoms with Gasteiger partial charge in [-0.2, -0.15) is 26.3 Å². The van der Waals surface area contributed by atoms with Gasteiger partial charge in [0.1, 0.15) is 6.10 Å². The number of carbonyl (C=O) groups is 2. The summed E-state index contributed by atoms with van der Waals surface area (Å²) in [5, 5.41) is 2.42. The van der Waals surface area contributed by atoms with E-state index in [1.165, 1.54) is 13.1 Å². The molecule has 3 rings (SSSR count). The lowest BCUT2D eigenvalue weighted by molar-refractivity contribution is -0.143. The molecule has 2 aromatic rings. The van der Waals surface area contributed by atoms with Gasteiger partial charge >= 0.3 is 24.5 Å². The van der Waals surface area contributed by atoms with Crippen molar-refractivity contribution in [3.05, 3.63) is 63.4 Å². The van der Waals surface area contributed by atoms with E-state index in [4.69, 9.17) is 4.74 Å². The average molecular weight is 526 g/mol. The van der Waals surface area contributed by atoms with Crippen LogP contribution in [0.15, 0.2) is 41.0 Å². The van der Waals surface area contributed by atoms with E-state index in [2.05, 4.69) is 26.2 Å². The van der Waals surface area contributed by atoms with Crippen molar-refractivity contribution in [3.8, 4) is 0 Å². The number of amides is 3. The summed E-state index contributed by atoms with van der Waals surface area (Å²) in [4.78, 5) is 29.3. The molecule has 3 amide bonds. The first-order chi connectivity index (χ1) is 14.8. The molecule has 2 atom stereocenters. The fraction of sp³-hybridized carbons (Fsp3) is 0.316. The van der Waals surface area contributed by atoms with Gasteiger partial charge in [-0.05, 0) is 58.7 Å². The summed E-state index contributed by atoms with van der Waals surface area (Å²) in [6.07, 6.45) is -11.4. The van der Waals surface area contributed by atoms with Crippen molar-refractivity contribution in [1.82, 2.24) is 15.2 Å². The standard InChI is InChI=1S/C19H14BrF6N3O3/c1-9-15(10-5-11(18(21,22)23)7-12(6-10)19(24,25)26)32-17(31)29(9)16(30)28-8-14-13(20)3-2-4-27-14/h2-7,9,15H,8H2,1H3,(H,28,30)/t9-,15-/m0/s1. The minimum absolute atomic E-state index is 0.0276. The van der Waals surface area contributed by atoms with Crippen LogP contribution in [-0.2, 0) is 23.6 Å². The lowest BCUT2D eigenvalue weighted by atomic mass is 9.97. The zero-order valence-electron chi connectivity index (χ0n) is 16.1. The molecule has 1 fully saturated rings. The van der Waals surface area contributed by atoms with Crippen LogP contribution in [0.4, 0.5) is 35.9 Å².